The van der Waals surface area contributed by atoms with Crippen molar-refractivity contribution in [3.63, 3.8) is 0 Å². The molecule has 2 aromatic carbocycles. The molecule has 6 nitrogen and oxygen atoms in total. The summed E-state index contributed by atoms with van der Waals surface area (Å²) in [5.41, 5.74) is -1.02. The summed E-state index contributed by atoms with van der Waals surface area (Å²) in [6.07, 6.45) is -0.731. The van der Waals surface area contributed by atoms with Gasteiger partial charge in [-0.2, -0.15) is 0 Å². The third-order valence-electron chi connectivity index (χ3n) is 4.35. The fourth-order valence-electron chi connectivity index (χ4n) is 2.82. The summed E-state index contributed by atoms with van der Waals surface area (Å²) in [4.78, 5) is 36.0. The second-order valence-corrected chi connectivity index (χ2v) is 8.01. The van der Waals surface area contributed by atoms with Crippen molar-refractivity contribution in [2.75, 3.05) is 0 Å². The van der Waals surface area contributed by atoms with Crippen molar-refractivity contribution in [3.05, 3.63) is 70.8 Å². The van der Waals surface area contributed by atoms with Crippen LogP contribution in [-0.2, 0) is 9.53 Å². The maximum absolute atomic E-state index is 12.2. The van der Waals surface area contributed by atoms with Crippen molar-refractivity contribution in [1.29, 1.82) is 0 Å². The molecule has 0 amide bonds. The second kappa shape index (κ2) is 8.27. The van der Waals surface area contributed by atoms with Gasteiger partial charge >= 0.3 is 5.97 Å². The number of Topliss-reactive ketones (excluding diaryl/α,β-unsaturated/α-hetero) is 2. The van der Waals surface area contributed by atoms with Crippen LogP contribution in [0.2, 0.25) is 0 Å². The van der Waals surface area contributed by atoms with E-state index in [-0.39, 0.29) is 0 Å². The Hall–Kier alpha value is -2.83. The minimum Gasteiger partial charge on any atom is -0.453 e. The summed E-state index contributed by atoms with van der Waals surface area (Å²) >= 11 is 0. The fourth-order valence-corrected chi connectivity index (χ4v) is 2.82. The van der Waals surface area contributed by atoms with Crippen LogP contribution in [0, 0.1) is 0 Å². The van der Waals surface area contributed by atoms with Crippen LogP contribution in [0.5, 0.6) is 0 Å². The Balaban J connectivity index is 2.36. The third kappa shape index (κ3) is 5.59. The van der Waals surface area contributed by atoms with Crippen LogP contribution >= 0.6 is 0 Å². The van der Waals surface area contributed by atoms with Gasteiger partial charge in [0.1, 0.15) is 11.2 Å². The van der Waals surface area contributed by atoms with E-state index in [0.29, 0.717) is 22.3 Å². The number of benzene rings is 2. The van der Waals surface area contributed by atoms with Crippen LogP contribution in [0.1, 0.15) is 72.6 Å². The van der Waals surface area contributed by atoms with Crippen LogP contribution < -0.4 is 0 Å². The smallest absolute Gasteiger partial charge is 0.303 e. The first kappa shape index (κ1) is 22.5. The highest BCUT2D eigenvalue weighted by Gasteiger charge is 2.27. The topological polar surface area (TPSA) is 101 Å². The molecule has 0 aliphatic heterocycles. The Morgan fingerprint density at radius 1 is 0.724 bits per heavy atom. The van der Waals surface area contributed by atoms with Gasteiger partial charge in [0.2, 0.25) is 0 Å². The first-order chi connectivity index (χ1) is 13.3. The molecule has 6 heteroatoms. The molecule has 2 rings (SSSR count). The van der Waals surface area contributed by atoms with Gasteiger partial charge in [-0.3, -0.25) is 14.4 Å². The van der Waals surface area contributed by atoms with Crippen molar-refractivity contribution in [2.45, 2.75) is 51.9 Å². The Bertz CT molecular complexity index is 827. The van der Waals surface area contributed by atoms with Gasteiger partial charge in [0.15, 0.2) is 17.7 Å². The van der Waals surface area contributed by atoms with E-state index in [1.165, 1.54) is 34.6 Å². The lowest BCUT2D eigenvalue weighted by Gasteiger charge is -2.20. The molecule has 0 radical (unpaired) electrons. The van der Waals surface area contributed by atoms with Crippen molar-refractivity contribution in [3.8, 4) is 0 Å². The van der Waals surface area contributed by atoms with E-state index < -0.39 is 34.8 Å². The Morgan fingerprint density at radius 3 is 1.28 bits per heavy atom. The Kier molecular flexibility index (Phi) is 6.40. The molecular formula is C23H26O6. The van der Waals surface area contributed by atoms with E-state index in [2.05, 4.69) is 0 Å². The van der Waals surface area contributed by atoms with Crippen LogP contribution in [0.4, 0.5) is 0 Å². The number of carbonyl (C=O) groups excluding carboxylic acids is 3. The number of ether oxygens (including phenoxy) is 1. The van der Waals surface area contributed by atoms with E-state index in [1.54, 1.807) is 48.5 Å². The fraction of sp³-hybridized carbons (Fsp3) is 0.348. The molecule has 2 aromatic rings. The number of aliphatic hydroxyl groups is 2. The second-order valence-electron chi connectivity index (χ2n) is 8.01. The molecular weight excluding hydrogens is 372 g/mol. The van der Waals surface area contributed by atoms with Gasteiger partial charge in [-0.1, -0.05) is 48.5 Å². The number of hydrogen-bond acceptors (Lipinski definition) is 6. The zero-order chi connectivity index (χ0) is 22.0. The first-order valence-corrected chi connectivity index (χ1v) is 9.22. The van der Waals surface area contributed by atoms with E-state index in [9.17, 15) is 24.6 Å². The normalized spacial score (nSPS) is 12.0. The highest BCUT2D eigenvalue weighted by atomic mass is 16.5. The molecule has 0 aliphatic rings. The minimum absolute atomic E-state index is 0.342. The highest BCUT2D eigenvalue weighted by molar-refractivity contribution is 6.02. The van der Waals surface area contributed by atoms with Gasteiger partial charge in [-0.15, -0.1) is 0 Å². The van der Waals surface area contributed by atoms with Crippen molar-refractivity contribution in [2.24, 2.45) is 0 Å². The number of carbonyl (C=O) groups is 3. The molecule has 0 unspecified atom stereocenters. The molecule has 0 atom stereocenters. The molecule has 0 saturated heterocycles. The van der Waals surface area contributed by atoms with Crippen molar-refractivity contribution in [1.82, 2.24) is 0 Å². The molecule has 0 aliphatic carbocycles. The number of rotatable bonds is 7. The van der Waals surface area contributed by atoms with Gasteiger partial charge in [-0.25, -0.2) is 0 Å². The molecule has 0 aromatic heterocycles. The molecule has 0 saturated carbocycles. The van der Waals surface area contributed by atoms with Crippen molar-refractivity contribution < 1.29 is 29.3 Å². The van der Waals surface area contributed by atoms with Gasteiger partial charge in [-0.05, 0) is 38.8 Å². The summed E-state index contributed by atoms with van der Waals surface area (Å²) in [6.45, 7) is 6.97. The van der Waals surface area contributed by atoms with Crippen molar-refractivity contribution >= 4 is 17.5 Å². The van der Waals surface area contributed by atoms with E-state index in [1.807, 2.05) is 0 Å². The Morgan fingerprint density at radius 2 is 1.03 bits per heavy atom. The molecule has 0 heterocycles. The third-order valence-corrected chi connectivity index (χ3v) is 4.35. The summed E-state index contributed by atoms with van der Waals surface area (Å²) in [6, 6.07) is 12.9. The molecule has 0 fully saturated rings. The SMILES string of the molecule is CC(=O)OC(c1ccc(C(=O)C(C)(C)O)cc1)c1ccc(C(=O)C(C)(C)O)cc1. The highest BCUT2D eigenvalue weighted by Crippen LogP contribution is 2.28. The largest absolute Gasteiger partial charge is 0.453 e. The van der Waals surface area contributed by atoms with Gasteiger partial charge in [0.25, 0.3) is 0 Å². The first-order valence-electron chi connectivity index (χ1n) is 9.22. The maximum Gasteiger partial charge on any atom is 0.303 e. The van der Waals surface area contributed by atoms with Crippen LogP contribution in [0.25, 0.3) is 0 Å². The summed E-state index contributed by atoms with van der Waals surface area (Å²) in [5.74, 6) is -1.31. The molecule has 0 bridgehead atoms. The van der Waals surface area contributed by atoms with E-state index in [4.69, 9.17) is 4.74 Å². The van der Waals surface area contributed by atoms with Crippen LogP contribution in [0.3, 0.4) is 0 Å². The quantitative estimate of drug-likeness (QED) is 0.548. The average molecular weight is 398 g/mol. The van der Waals surface area contributed by atoms with Gasteiger partial charge in [0, 0.05) is 18.1 Å². The Labute approximate surface area is 170 Å². The lowest BCUT2D eigenvalue weighted by atomic mass is 9.92. The summed E-state index contributed by atoms with van der Waals surface area (Å²) < 4.78 is 5.45. The summed E-state index contributed by atoms with van der Waals surface area (Å²) in [5, 5.41) is 19.8. The zero-order valence-electron chi connectivity index (χ0n) is 17.2. The number of ketones is 2. The molecule has 0 spiro atoms. The number of hydrogen-bond donors (Lipinski definition) is 2. The number of esters is 1. The zero-order valence-corrected chi connectivity index (χ0v) is 17.2. The monoisotopic (exact) mass is 398 g/mol. The molecule has 154 valence electrons. The van der Waals surface area contributed by atoms with Gasteiger partial charge < -0.3 is 14.9 Å². The minimum atomic E-state index is -1.49. The van der Waals surface area contributed by atoms with Crippen LogP contribution in [0.15, 0.2) is 48.5 Å². The standard InChI is InChI=1S/C23H26O6/c1-14(24)29-19(15-6-10-17(11-7-15)20(25)22(2,3)27)16-8-12-18(13-9-16)21(26)23(4,5)28/h6-13,19,27-28H,1-5H3. The maximum atomic E-state index is 12.2. The lowest BCUT2D eigenvalue weighted by Crippen LogP contribution is -2.31. The predicted octanol–water partition coefficient (Wildman–Crippen LogP) is 3.25. The summed E-state index contributed by atoms with van der Waals surface area (Å²) in [7, 11) is 0. The van der Waals surface area contributed by atoms with E-state index >= 15 is 0 Å². The van der Waals surface area contributed by atoms with Crippen LogP contribution in [-0.4, -0.2) is 39.0 Å². The molecule has 29 heavy (non-hydrogen) atoms. The predicted molar refractivity (Wildman–Crippen MR) is 108 cm³/mol. The average Bonchev–Trinajstić information content (AvgIpc) is 2.63. The van der Waals surface area contributed by atoms with E-state index in [0.717, 1.165) is 0 Å². The lowest BCUT2D eigenvalue weighted by molar-refractivity contribution is -0.144. The van der Waals surface area contributed by atoms with Gasteiger partial charge in [0.05, 0.1) is 0 Å². The molecule has 2 N–H and O–H groups in total.